The molecule has 0 saturated heterocycles. The summed E-state index contributed by atoms with van der Waals surface area (Å²) in [6.07, 6.45) is 0. The quantitative estimate of drug-likeness (QED) is 0.543. The number of aromatic nitrogens is 1. The number of hydrogen-bond acceptors (Lipinski definition) is 3. The number of ketones is 1. The van der Waals surface area contributed by atoms with E-state index in [1.54, 1.807) is 7.11 Å². The second-order valence-electron chi connectivity index (χ2n) is 6.02. The zero-order valence-corrected chi connectivity index (χ0v) is 13.9. The Hall–Kier alpha value is -2.94. The van der Waals surface area contributed by atoms with Gasteiger partial charge in [0.15, 0.2) is 5.78 Å². The molecule has 0 aliphatic heterocycles. The number of carbonyl (C=O) groups is 1. The molecule has 0 unspecified atom stereocenters. The average molecular weight is 315 g/mol. The van der Waals surface area contributed by atoms with Crippen molar-refractivity contribution in [2.45, 2.75) is 13.8 Å². The molecule has 118 valence electrons. The molecular weight excluding hydrogens is 298 g/mol. The van der Waals surface area contributed by atoms with Gasteiger partial charge in [0, 0.05) is 16.8 Å². The molecule has 1 heterocycles. The molecule has 3 heteroatoms. The van der Waals surface area contributed by atoms with Crippen molar-refractivity contribution in [3.05, 3.63) is 70.9 Å². The first kappa shape index (κ1) is 14.6. The maximum Gasteiger partial charge on any atom is 0.196 e. The van der Waals surface area contributed by atoms with Gasteiger partial charge in [-0.25, -0.2) is 0 Å². The summed E-state index contributed by atoms with van der Waals surface area (Å²) < 4.78 is 5.24. The second kappa shape index (κ2) is 5.31. The summed E-state index contributed by atoms with van der Waals surface area (Å²) in [5.41, 5.74) is 7.14. The average Bonchev–Trinajstić information content (AvgIpc) is 2.89. The molecule has 0 bridgehead atoms. The molecule has 3 aromatic rings. The van der Waals surface area contributed by atoms with Crippen molar-refractivity contribution in [2.75, 3.05) is 7.11 Å². The lowest BCUT2D eigenvalue weighted by molar-refractivity contribution is 0.104. The molecule has 0 fully saturated rings. The maximum atomic E-state index is 13.0. The normalized spacial score (nSPS) is 12.0. The minimum absolute atomic E-state index is 0.0574. The fourth-order valence-corrected chi connectivity index (χ4v) is 3.35. The van der Waals surface area contributed by atoms with Crippen molar-refractivity contribution < 1.29 is 9.53 Å². The van der Waals surface area contributed by atoms with Crippen LogP contribution in [0.2, 0.25) is 0 Å². The first-order valence-electron chi connectivity index (χ1n) is 7.91. The van der Waals surface area contributed by atoms with Crippen molar-refractivity contribution in [3.8, 4) is 28.1 Å². The zero-order chi connectivity index (χ0) is 16.8. The number of benzene rings is 2. The maximum absolute atomic E-state index is 13.0. The highest BCUT2D eigenvalue weighted by molar-refractivity contribution is 6.24. The van der Waals surface area contributed by atoms with Crippen LogP contribution in [-0.2, 0) is 0 Å². The number of aryl methyl sites for hydroxylation is 1. The lowest BCUT2D eigenvalue weighted by atomic mass is 9.92. The van der Waals surface area contributed by atoms with Crippen LogP contribution in [-0.4, -0.2) is 17.9 Å². The van der Waals surface area contributed by atoms with E-state index >= 15 is 0 Å². The molecule has 1 aliphatic carbocycles. The monoisotopic (exact) mass is 315 g/mol. The summed E-state index contributed by atoms with van der Waals surface area (Å²) in [6.45, 7) is 4.02. The van der Waals surface area contributed by atoms with Crippen molar-refractivity contribution in [3.63, 3.8) is 0 Å². The number of fused-ring (bicyclic) bond motifs is 3. The van der Waals surface area contributed by atoms with Crippen LogP contribution < -0.4 is 4.74 Å². The lowest BCUT2D eigenvalue weighted by Gasteiger charge is -2.14. The molecule has 24 heavy (non-hydrogen) atoms. The van der Waals surface area contributed by atoms with Gasteiger partial charge in [-0.3, -0.25) is 9.78 Å². The predicted octanol–water partition coefficient (Wildman–Crippen LogP) is 4.59. The first-order chi connectivity index (χ1) is 11.6. The molecule has 4 rings (SSSR count). The Kier molecular flexibility index (Phi) is 3.24. The highest BCUT2D eigenvalue weighted by Crippen LogP contribution is 2.42. The van der Waals surface area contributed by atoms with Crippen LogP contribution in [0.3, 0.4) is 0 Å². The summed E-state index contributed by atoms with van der Waals surface area (Å²) in [4.78, 5) is 17.7. The second-order valence-corrected chi connectivity index (χ2v) is 6.02. The van der Waals surface area contributed by atoms with E-state index in [2.05, 4.69) is 0 Å². The fraction of sp³-hybridized carbons (Fsp3) is 0.143. The van der Waals surface area contributed by atoms with E-state index in [4.69, 9.17) is 9.72 Å². The minimum atomic E-state index is 0.0574. The zero-order valence-electron chi connectivity index (χ0n) is 13.9. The third-order valence-electron chi connectivity index (χ3n) is 4.72. The Balaban J connectivity index is 2.02. The van der Waals surface area contributed by atoms with Crippen molar-refractivity contribution >= 4 is 5.78 Å². The summed E-state index contributed by atoms with van der Waals surface area (Å²) in [7, 11) is 1.65. The summed E-state index contributed by atoms with van der Waals surface area (Å²) in [5.74, 6) is 0.857. The van der Waals surface area contributed by atoms with Gasteiger partial charge in [0.2, 0.25) is 0 Å². The number of rotatable bonds is 2. The number of carbonyl (C=O) groups excluding carboxylic acids is 1. The van der Waals surface area contributed by atoms with Crippen molar-refractivity contribution in [1.29, 1.82) is 0 Å². The molecule has 0 radical (unpaired) electrons. The SMILES string of the molecule is COc1ccc(-c2c(C)c(C)nc3c2C(=O)c2ccccc2-3)cc1. The summed E-state index contributed by atoms with van der Waals surface area (Å²) >= 11 is 0. The Labute approximate surface area is 140 Å². The summed E-state index contributed by atoms with van der Waals surface area (Å²) in [5, 5.41) is 0. The number of hydrogen-bond donors (Lipinski definition) is 0. The molecule has 1 aromatic heterocycles. The van der Waals surface area contributed by atoms with Crippen molar-refractivity contribution in [2.24, 2.45) is 0 Å². The van der Waals surface area contributed by atoms with Gasteiger partial charge in [0.1, 0.15) is 5.75 Å². The van der Waals surface area contributed by atoms with E-state index < -0.39 is 0 Å². The van der Waals surface area contributed by atoms with Gasteiger partial charge in [0.05, 0.1) is 18.4 Å². The molecule has 0 saturated carbocycles. The first-order valence-corrected chi connectivity index (χ1v) is 7.91. The molecule has 2 aromatic carbocycles. The van der Waals surface area contributed by atoms with Crippen LogP contribution in [0.15, 0.2) is 48.5 Å². The molecule has 0 spiro atoms. The van der Waals surface area contributed by atoms with Crippen LogP contribution in [0.5, 0.6) is 5.75 Å². The Morgan fingerprint density at radius 1 is 0.875 bits per heavy atom. The van der Waals surface area contributed by atoms with Gasteiger partial charge < -0.3 is 4.74 Å². The third-order valence-corrected chi connectivity index (χ3v) is 4.72. The Morgan fingerprint density at radius 2 is 1.54 bits per heavy atom. The number of ether oxygens (including phenoxy) is 1. The molecular formula is C21H17NO2. The largest absolute Gasteiger partial charge is 0.497 e. The lowest BCUT2D eigenvalue weighted by Crippen LogP contribution is -2.03. The van der Waals surface area contributed by atoms with Crippen molar-refractivity contribution in [1.82, 2.24) is 4.98 Å². The number of pyridine rings is 1. The molecule has 0 amide bonds. The van der Waals surface area contributed by atoms with Gasteiger partial charge >= 0.3 is 0 Å². The van der Waals surface area contributed by atoms with E-state index in [0.29, 0.717) is 5.56 Å². The highest BCUT2D eigenvalue weighted by atomic mass is 16.5. The molecule has 0 atom stereocenters. The Bertz CT molecular complexity index is 972. The molecule has 3 nitrogen and oxygen atoms in total. The van der Waals surface area contributed by atoms with E-state index in [0.717, 1.165) is 45.0 Å². The van der Waals surface area contributed by atoms with Gasteiger partial charge in [-0.2, -0.15) is 0 Å². The topological polar surface area (TPSA) is 39.2 Å². The highest BCUT2D eigenvalue weighted by Gasteiger charge is 2.32. The van der Waals surface area contributed by atoms with Gasteiger partial charge in [-0.15, -0.1) is 0 Å². The van der Waals surface area contributed by atoms with Gasteiger partial charge in [0.25, 0.3) is 0 Å². The predicted molar refractivity (Wildman–Crippen MR) is 94.6 cm³/mol. The smallest absolute Gasteiger partial charge is 0.196 e. The van der Waals surface area contributed by atoms with E-state index in [-0.39, 0.29) is 5.78 Å². The van der Waals surface area contributed by atoms with Crippen LogP contribution in [0.4, 0.5) is 0 Å². The number of methoxy groups -OCH3 is 1. The van der Waals surface area contributed by atoms with Gasteiger partial charge in [-0.05, 0) is 42.7 Å². The van der Waals surface area contributed by atoms with Crippen LogP contribution >= 0.6 is 0 Å². The van der Waals surface area contributed by atoms with Crippen LogP contribution in [0.25, 0.3) is 22.4 Å². The molecule has 0 N–H and O–H groups in total. The fourth-order valence-electron chi connectivity index (χ4n) is 3.35. The standard InChI is InChI=1S/C21H17NO2/c1-12-13(2)22-20-16-6-4-5-7-17(16)21(23)19(20)18(12)14-8-10-15(24-3)11-9-14/h4-11H,1-3H3. The van der Waals surface area contributed by atoms with E-state index in [9.17, 15) is 4.79 Å². The third kappa shape index (κ3) is 1.98. The van der Waals surface area contributed by atoms with E-state index in [1.807, 2.05) is 62.4 Å². The van der Waals surface area contributed by atoms with E-state index in [1.165, 1.54) is 0 Å². The van der Waals surface area contributed by atoms with Crippen LogP contribution in [0, 0.1) is 13.8 Å². The Morgan fingerprint density at radius 3 is 2.21 bits per heavy atom. The minimum Gasteiger partial charge on any atom is -0.497 e. The van der Waals surface area contributed by atoms with Crippen LogP contribution in [0.1, 0.15) is 27.2 Å². The summed E-state index contributed by atoms with van der Waals surface area (Å²) in [6, 6.07) is 15.5. The number of nitrogens with zero attached hydrogens (tertiary/aromatic N) is 1. The molecule has 1 aliphatic rings. The van der Waals surface area contributed by atoms with Gasteiger partial charge in [-0.1, -0.05) is 36.4 Å².